The van der Waals surface area contributed by atoms with Gasteiger partial charge in [0.15, 0.2) is 0 Å². The summed E-state index contributed by atoms with van der Waals surface area (Å²) in [4.78, 5) is 0. The zero-order valence-electron chi connectivity index (χ0n) is 12.0. The molecule has 0 radical (unpaired) electrons. The average Bonchev–Trinajstić information content (AvgIpc) is 2.64. The van der Waals surface area contributed by atoms with Crippen LogP contribution in [0.5, 0.6) is 0 Å². The molecule has 1 aliphatic heterocycles. The van der Waals surface area contributed by atoms with Crippen molar-refractivity contribution in [3.05, 3.63) is 33.8 Å². The molecule has 0 saturated carbocycles. The molecule has 22 heavy (non-hydrogen) atoms. The maximum absolute atomic E-state index is 11.3. The SMILES string of the molecule is CS(=O)(=O)NCC1CNCCOC1c1ccc(Cl)c(Cl)c1.Cl. The molecule has 1 aliphatic rings. The summed E-state index contributed by atoms with van der Waals surface area (Å²) in [5.41, 5.74) is 0.897. The fourth-order valence-corrected chi connectivity index (χ4v) is 3.11. The summed E-state index contributed by atoms with van der Waals surface area (Å²) in [6.07, 6.45) is 0.913. The number of sulfonamides is 1. The highest BCUT2D eigenvalue weighted by Gasteiger charge is 2.27. The maximum atomic E-state index is 11.3. The van der Waals surface area contributed by atoms with E-state index < -0.39 is 10.0 Å². The van der Waals surface area contributed by atoms with E-state index in [1.807, 2.05) is 6.07 Å². The lowest BCUT2D eigenvalue weighted by Gasteiger charge is -2.25. The predicted molar refractivity (Wildman–Crippen MR) is 91.6 cm³/mol. The minimum atomic E-state index is -3.24. The highest BCUT2D eigenvalue weighted by molar-refractivity contribution is 7.88. The number of rotatable bonds is 4. The quantitative estimate of drug-likeness (QED) is 0.829. The zero-order valence-corrected chi connectivity index (χ0v) is 15.2. The summed E-state index contributed by atoms with van der Waals surface area (Å²) in [5, 5.41) is 4.19. The molecule has 2 atom stereocenters. The van der Waals surface area contributed by atoms with E-state index in [9.17, 15) is 8.42 Å². The highest BCUT2D eigenvalue weighted by Crippen LogP contribution is 2.31. The minimum absolute atomic E-state index is 0. The number of ether oxygens (including phenoxy) is 1. The number of hydrogen-bond donors (Lipinski definition) is 2. The first kappa shape index (κ1) is 20.0. The van der Waals surface area contributed by atoms with Gasteiger partial charge in [0, 0.05) is 25.6 Å². The second-order valence-electron chi connectivity index (χ2n) is 5.05. The Hall–Kier alpha value is -0.0800. The molecular weight excluding hydrogens is 371 g/mol. The fraction of sp³-hybridized carbons (Fsp3) is 0.538. The third kappa shape index (κ3) is 5.85. The molecule has 0 aromatic heterocycles. The van der Waals surface area contributed by atoms with Crippen LogP contribution in [0.15, 0.2) is 18.2 Å². The van der Waals surface area contributed by atoms with Crippen LogP contribution in [0, 0.1) is 5.92 Å². The Morgan fingerprint density at radius 2 is 2.09 bits per heavy atom. The molecule has 2 N–H and O–H groups in total. The average molecular weight is 390 g/mol. The van der Waals surface area contributed by atoms with E-state index in [1.165, 1.54) is 0 Å². The number of hydrogen-bond acceptors (Lipinski definition) is 4. The molecule has 126 valence electrons. The van der Waals surface area contributed by atoms with Crippen molar-refractivity contribution in [2.24, 2.45) is 5.92 Å². The largest absolute Gasteiger partial charge is 0.372 e. The van der Waals surface area contributed by atoms with E-state index in [1.54, 1.807) is 12.1 Å². The summed E-state index contributed by atoms with van der Waals surface area (Å²) in [7, 11) is -3.24. The van der Waals surface area contributed by atoms with Crippen LogP contribution in [0.3, 0.4) is 0 Å². The normalized spacial score (nSPS) is 22.7. The molecule has 1 fully saturated rings. The Morgan fingerprint density at radius 3 is 2.73 bits per heavy atom. The van der Waals surface area contributed by atoms with Gasteiger partial charge in [0.05, 0.1) is 29.0 Å². The monoisotopic (exact) mass is 388 g/mol. The van der Waals surface area contributed by atoms with E-state index in [4.69, 9.17) is 27.9 Å². The van der Waals surface area contributed by atoms with Crippen molar-refractivity contribution in [2.75, 3.05) is 32.5 Å². The Kier molecular flexibility index (Phi) is 7.88. The number of nitrogens with one attached hydrogen (secondary N) is 2. The molecule has 0 amide bonds. The predicted octanol–water partition coefficient (Wildman–Crippen LogP) is 2.24. The van der Waals surface area contributed by atoms with Gasteiger partial charge in [-0.25, -0.2) is 13.1 Å². The van der Waals surface area contributed by atoms with Crippen LogP contribution in [0.2, 0.25) is 10.0 Å². The van der Waals surface area contributed by atoms with Crippen LogP contribution in [0.25, 0.3) is 0 Å². The lowest BCUT2D eigenvalue weighted by molar-refractivity contribution is 0.0322. The fourth-order valence-electron chi connectivity index (χ4n) is 2.28. The summed E-state index contributed by atoms with van der Waals surface area (Å²) in [5.74, 6) is -0.0283. The molecule has 0 aliphatic carbocycles. The third-order valence-electron chi connectivity index (χ3n) is 3.29. The van der Waals surface area contributed by atoms with Gasteiger partial charge in [-0.1, -0.05) is 29.3 Å². The van der Waals surface area contributed by atoms with Gasteiger partial charge in [-0.05, 0) is 17.7 Å². The van der Waals surface area contributed by atoms with Gasteiger partial charge >= 0.3 is 0 Å². The van der Waals surface area contributed by atoms with Crippen LogP contribution in [0.4, 0.5) is 0 Å². The number of benzene rings is 1. The van der Waals surface area contributed by atoms with Crippen molar-refractivity contribution >= 4 is 45.6 Å². The topological polar surface area (TPSA) is 67.4 Å². The van der Waals surface area contributed by atoms with Crippen molar-refractivity contribution in [1.29, 1.82) is 0 Å². The van der Waals surface area contributed by atoms with Gasteiger partial charge in [0.25, 0.3) is 0 Å². The van der Waals surface area contributed by atoms with Crippen molar-refractivity contribution < 1.29 is 13.2 Å². The van der Waals surface area contributed by atoms with E-state index in [0.29, 0.717) is 29.7 Å². The second kappa shape index (κ2) is 8.68. The van der Waals surface area contributed by atoms with Gasteiger partial charge in [0.1, 0.15) is 0 Å². The first-order valence-corrected chi connectivity index (χ1v) is 9.23. The second-order valence-corrected chi connectivity index (χ2v) is 7.70. The van der Waals surface area contributed by atoms with E-state index in [-0.39, 0.29) is 24.4 Å². The number of halogens is 3. The molecule has 2 rings (SSSR count). The molecule has 1 saturated heterocycles. The third-order valence-corrected chi connectivity index (χ3v) is 4.72. The van der Waals surface area contributed by atoms with Gasteiger partial charge in [0.2, 0.25) is 10.0 Å². The van der Waals surface area contributed by atoms with E-state index in [0.717, 1.165) is 18.4 Å². The molecule has 2 unspecified atom stereocenters. The first-order valence-electron chi connectivity index (χ1n) is 6.59. The van der Waals surface area contributed by atoms with Gasteiger partial charge in [-0.2, -0.15) is 0 Å². The molecule has 1 aromatic rings. The van der Waals surface area contributed by atoms with Crippen molar-refractivity contribution in [1.82, 2.24) is 10.0 Å². The van der Waals surface area contributed by atoms with Crippen LogP contribution >= 0.6 is 35.6 Å². The lowest BCUT2D eigenvalue weighted by atomic mass is 9.95. The molecule has 1 aromatic carbocycles. The Balaban J connectivity index is 0.00000242. The van der Waals surface area contributed by atoms with Gasteiger partial charge in [-0.15, -0.1) is 12.4 Å². The molecule has 5 nitrogen and oxygen atoms in total. The minimum Gasteiger partial charge on any atom is -0.372 e. The van der Waals surface area contributed by atoms with Crippen molar-refractivity contribution in [3.8, 4) is 0 Å². The van der Waals surface area contributed by atoms with Crippen LogP contribution in [0.1, 0.15) is 11.7 Å². The van der Waals surface area contributed by atoms with Crippen LogP contribution in [-0.4, -0.2) is 40.9 Å². The molecular formula is C13H19Cl3N2O3S. The molecule has 9 heteroatoms. The summed E-state index contributed by atoms with van der Waals surface area (Å²) in [6, 6.07) is 5.35. The summed E-state index contributed by atoms with van der Waals surface area (Å²) >= 11 is 12.0. The highest BCUT2D eigenvalue weighted by atomic mass is 35.5. The Labute approximate surface area is 147 Å². The van der Waals surface area contributed by atoms with Crippen LogP contribution in [-0.2, 0) is 14.8 Å². The first-order chi connectivity index (χ1) is 9.87. The Bertz CT molecular complexity index is 598. The summed E-state index contributed by atoms with van der Waals surface area (Å²) < 4.78 is 31.0. The van der Waals surface area contributed by atoms with Crippen molar-refractivity contribution in [2.45, 2.75) is 6.10 Å². The van der Waals surface area contributed by atoms with E-state index in [2.05, 4.69) is 10.0 Å². The van der Waals surface area contributed by atoms with Gasteiger partial charge < -0.3 is 10.1 Å². The van der Waals surface area contributed by atoms with E-state index >= 15 is 0 Å². The van der Waals surface area contributed by atoms with Crippen LogP contribution < -0.4 is 10.0 Å². The smallest absolute Gasteiger partial charge is 0.208 e. The van der Waals surface area contributed by atoms with Crippen molar-refractivity contribution in [3.63, 3.8) is 0 Å². The standard InChI is InChI=1S/C13H18Cl2N2O3S.ClH/c1-21(18,19)17-8-10-7-16-4-5-20-13(10)9-2-3-11(14)12(15)6-9;/h2-3,6,10,13,16-17H,4-5,7-8H2,1H3;1H. The molecule has 1 heterocycles. The molecule has 0 spiro atoms. The zero-order chi connectivity index (χ0) is 15.5. The lowest BCUT2D eigenvalue weighted by Crippen LogP contribution is -2.36. The Morgan fingerprint density at radius 1 is 1.36 bits per heavy atom. The molecule has 0 bridgehead atoms. The maximum Gasteiger partial charge on any atom is 0.208 e. The summed E-state index contributed by atoms with van der Waals surface area (Å²) in [6.45, 7) is 2.25. The van der Waals surface area contributed by atoms with Gasteiger partial charge in [-0.3, -0.25) is 0 Å².